The Morgan fingerprint density at radius 3 is 2.30 bits per heavy atom. The van der Waals surface area contributed by atoms with Gasteiger partial charge < -0.3 is 14.4 Å². The van der Waals surface area contributed by atoms with Crippen LogP contribution in [0.5, 0.6) is 0 Å². The van der Waals surface area contributed by atoms with E-state index in [9.17, 15) is 4.79 Å². The van der Waals surface area contributed by atoms with Gasteiger partial charge in [0.1, 0.15) is 6.17 Å². The van der Waals surface area contributed by atoms with Crippen LogP contribution in [0.4, 0.5) is 4.39 Å². The Morgan fingerprint density at radius 2 is 1.80 bits per heavy atom. The summed E-state index contributed by atoms with van der Waals surface area (Å²) in [6, 6.07) is -0.463. The number of alkyl halides is 1. The molecule has 2 heterocycles. The standard InChI is InChI=1S/C24H41FN2O3/c1-15(2)29-22(28)21(30-23(5,6)7)20-17(4)26-16(3)18(25)14-19(20)27-12-10-24(8,9)11-13-27/h15-16,18,21H,10-14H2,1-9H3/t16-,18?,21+/m1/s1. The fourth-order valence-electron chi connectivity index (χ4n) is 4.02. The number of piperidine rings is 1. The first-order chi connectivity index (χ1) is 13.7. The summed E-state index contributed by atoms with van der Waals surface area (Å²) in [4.78, 5) is 20.0. The van der Waals surface area contributed by atoms with Gasteiger partial charge in [-0.3, -0.25) is 4.99 Å². The molecular weight excluding hydrogens is 383 g/mol. The maximum atomic E-state index is 15.0. The van der Waals surface area contributed by atoms with Gasteiger partial charge in [-0.05, 0) is 66.7 Å². The van der Waals surface area contributed by atoms with Gasteiger partial charge in [-0.15, -0.1) is 0 Å². The predicted octanol–water partition coefficient (Wildman–Crippen LogP) is 5.09. The van der Waals surface area contributed by atoms with E-state index in [0.717, 1.165) is 31.6 Å². The Labute approximate surface area is 182 Å². The van der Waals surface area contributed by atoms with Gasteiger partial charge in [0.2, 0.25) is 0 Å². The van der Waals surface area contributed by atoms with Gasteiger partial charge in [-0.1, -0.05) is 13.8 Å². The summed E-state index contributed by atoms with van der Waals surface area (Å²) < 4.78 is 26.8. The van der Waals surface area contributed by atoms with Crippen molar-refractivity contribution in [1.29, 1.82) is 0 Å². The van der Waals surface area contributed by atoms with Crippen molar-refractivity contribution in [3.05, 3.63) is 11.3 Å². The number of hydrogen-bond donors (Lipinski definition) is 0. The molecule has 0 radical (unpaired) electrons. The van der Waals surface area contributed by atoms with Gasteiger partial charge in [0, 0.05) is 36.5 Å². The number of hydrogen-bond acceptors (Lipinski definition) is 5. The van der Waals surface area contributed by atoms with Gasteiger partial charge in [0.05, 0.1) is 17.7 Å². The second kappa shape index (κ2) is 9.37. The quantitative estimate of drug-likeness (QED) is 0.577. The van der Waals surface area contributed by atoms with E-state index in [1.807, 2.05) is 41.5 Å². The molecule has 0 amide bonds. The first kappa shape index (κ1) is 24.8. The molecule has 0 aliphatic carbocycles. The third kappa shape index (κ3) is 6.53. The van der Waals surface area contributed by atoms with Crippen molar-refractivity contribution >= 4 is 11.7 Å². The van der Waals surface area contributed by atoms with Crippen LogP contribution >= 0.6 is 0 Å². The largest absolute Gasteiger partial charge is 0.461 e. The number of halogens is 1. The third-order valence-electron chi connectivity index (χ3n) is 5.81. The normalized spacial score (nSPS) is 26.4. The number of rotatable bonds is 5. The Hall–Kier alpha value is -1.43. The zero-order valence-electron chi connectivity index (χ0n) is 20.3. The van der Waals surface area contributed by atoms with E-state index >= 15 is 4.39 Å². The lowest BCUT2D eigenvalue weighted by Gasteiger charge is -2.41. The summed E-state index contributed by atoms with van der Waals surface area (Å²) in [6.45, 7) is 19.2. The van der Waals surface area contributed by atoms with Crippen molar-refractivity contribution < 1.29 is 18.7 Å². The molecular formula is C24H41FN2O3. The third-order valence-corrected chi connectivity index (χ3v) is 5.81. The number of esters is 1. The van der Waals surface area contributed by atoms with E-state index in [-0.39, 0.29) is 17.9 Å². The number of ether oxygens (including phenoxy) is 2. The fourth-order valence-corrected chi connectivity index (χ4v) is 4.02. The number of carbonyl (C=O) groups excluding carboxylic acids is 1. The van der Waals surface area contributed by atoms with Gasteiger partial charge in [-0.25, -0.2) is 9.18 Å². The SMILES string of the molecule is CC1=N[C@H](C)C(F)CC(N2CCC(C)(C)CC2)=C1[C@H](OC(C)(C)C)C(=O)OC(C)C. The Kier molecular flexibility index (Phi) is 7.76. The molecule has 6 heteroatoms. The van der Waals surface area contributed by atoms with Gasteiger partial charge in [-0.2, -0.15) is 0 Å². The average Bonchev–Trinajstić information content (AvgIpc) is 2.68. The number of carbonyl (C=O) groups is 1. The van der Waals surface area contributed by atoms with E-state index in [1.54, 1.807) is 6.92 Å². The van der Waals surface area contributed by atoms with Crippen LogP contribution in [0.1, 0.15) is 81.6 Å². The molecule has 0 bridgehead atoms. The van der Waals surface area contributed by atoms with Crippen LogP contribution in [0.2, 0.25) is 0 Å². The second-order valence-electron chi connectivity index (χ2n) is 10.8. The molecule has 5 nitrogen and oxygen atoms in total. The van der Waals surface area contributed by atoms with Crippen molar-refractivity contribution in [3.63, 3.8) is 0 Å². The van der Waals surface area contributed by atoms with E-state index in [1.165, 1.54) is 0 Å². The highest BCUT2D eigenvalue weighted by Crippen LogP contribution is 2.36. The molecule has 0 aromatic carbocycles. The maximum absolute atomic E-state index is 15.0. The second-order valence-corrected chi connectivity index (χ2v) is 10.8. The minimum Gasteiger partial charge on any atom is -0.461 e. The van der Waals surface area contributed by atoms with Crippen LogP contribution in [0, 0.1) is 5.41 Å². The summed E-state index contributed by atoms with van der Waals surface area (Å²) in [6.07, 6.45) is -0.0188. The lowest BCUT2D eigenvalue weighted by Crippen LogP contribution is -2.43. The summed E-state index contributed by atoms with van der Waals surface area (Å²) in [7, 11) is 0. The fraction of sp³-hybridized carbons (Fsp3) is 0.833. The predicted molar refractivity (Wildman–Crippen MR) is 120 cm³/mol. The Bertz CT molecular complexity index is 681. The van der Waals surface area contributed by atoms with E-state index in [0.29, 0.717) is 11.3 Å². The highest BCUT2D eigenvalue weighted by molar-refractivity contribution is 6.05. The summed E-state index contributed by atoms with van der Waals surface area (Å²) in [5.41, 5.74) is 1.89. The zero-order chi connectivity index (χ0) is 22.9. The van der Waals surface area contributed by atoms with E-state index in [2.05, 4.69) is 23.7 Å². The lowest BCUT2D eigenvalue weighted by atomic mass is 9.82. The van der Waals surface area contributed by atoms with Gasteiger partial charge >= 0.3 is 5.97 Å². The molecule has 1 unspecified atom stereocenters. The van der Waals surface area contributed by atoms with Crippen LogP contribution < -0.4 is 0 Å². The Balaban J connectivity index is 2.57. The Morgan fingerprint density at radius 1 is 1.23 bits per heavy atom. The molecule has 0 N–H and O–H groups in total. The number of aliphatic imine (C=N–C) groups is 1. The average molecular weight is 425 g/mol. The van der Waals surface area contributed by atoms with Crippen LogP contribution in [-0.2, 0) is 14.3 Å². The molecule has 172 valence electrons. The highest BCUT2D eigenvalue weighted by Gasteiger charge is 2.39. The van der Waals surface area contributed by atoms with E-state index < -0.39 is 29.9 Å². The number of nitrogens with zero attached hydrogens (tertiary/aromatic N) is 2. The summed E-state index contributed by atoms with van der Waals surface area (Å²) in [5.74, 6) is -0.440. The topological polar surface area (TPSA) is 51.1 Å². The van der Waals surface area contributed by atoms with Crippen molar-refractivity contribution in [2.45, 2.75) is 112 Å². The molecule has 0 aromatic rings. The molecule has 0 saturated carbocycles. The van der Waals surface area contributed by atoms with Crippen LogP contribution in [0.15, 0.2) is 16.3 Å². The lowest BCUT2D eigenvalue weighted by molar-refractivity contribution is -0.165. The molecule has 3 atom stereocenters. The molecule has 0 aromatic heterocycles. The van der Waals surface area contributed by atoms with Crippen LogP contribution in [-0.4, -0.2) is 59.7 Å². The first-order valence-electron chi connectivity index (χ1n) is 11.3. The minimum absolute atomic E-state index is 0.233. The molecule has 30 heavy (non-hydrogen) atoms. The minimum atomic E-state index is -1.10. The molecule has 2 aliphatic rings. The molecule has 2 aliphatic heterocycles. The highest BCUT2D eigenvalue weighted by atomic mass is 19.1. The monoisotopic (exact) mass is 424 g/mol. The molecule has 0 spiro atoms. The van der Waals surface area contributed by atoms with Crippen LogP contribution in [0.25, 0.3) is 0 Å². The van der Waals surface area contributed by atoms with Crippen molar-refractivity contribution in [3.8, 4) is 0 Å². The van der Waals surface area contributed by atoms with Crippen molar-refractivity contribution in [2.75, 3.05) is 13.1 Å². The zero-order valence-corrected chi connectivity index (χ0v) is 20.3. The van der Waals surface area contributed by atoms with Gasteiger partial charge in [0.25, 0.3) is 0 Å². The van der Waals surface area contributed by atoms with Crippen LogP contribution in [0.3, 0.4) is 0 Å². The summed E-state index contributed by atoms with van der Waals surface area (Å²) in [5, 5.41) is 0. The smallest absolute Gasteiger partial charge is 0.340 e. The molecule has 2 rings (SSSR count). The van der Waals surface area contributed by atoms with Crippen molar-refractivity contribution in [2.24, 2.45) is 10.4 Å². The number of allylic oxidation sites excluding steroid dienone is 1. The van der Waals surface area contributed by atoms with E-state index in [4.69, 9.17) is 9.47 Å². The van der Waals surface area contributed by atoms with Crippen molar-refractivity contribution in [1.82, 2.24) is 4.90 Å². The molecule has 1 fully saturated rings. The first-order valence-corrected chi connectivity index (χ1v) is 11.3. The maximum Gasteiger partial charge on any atom is 0.340 e. The number of likely N-dealkylation sites (tertiary alicyclic amines) is 1. The van der Waals surface area contributed by atoms with Gasteiger partial charge in [0.15, 0.2) is 6.10 Å². The summed E-state index contributed by atoms with van der Waals surface area (Å²) >= 11 is 0. The molecule has 1 saturated heterocycles.